The standard InChI is InChI=1S/C15H25NO2/c1-4-8-13(16-2)9-7-12-18-15-11-6-5-10-14(15)17-3/h5-6,10-11,13,16H,4,7-9,12H2,1-3H3. The van der Waals surface area contributed by atoms with Crippen molar-refractivity contribution in [2.24, 2.45) is 0 Å². The van der Waals surface area contributed by atoms with E-state index in [4.69, 9.17) is 9.47 Å². The molecule has 1 unspecified atom stereocenters. The number of methoxy groups -OCH3 is 1. The zero-order valence-corrected chi connectivity index (χ0v) is 11.7. The van der Waals surface area contributed by atoms with Gasteiger partial charge in [0.2, 0.25) is 0 Å². The van der Waals surface area contributed by atoms with Gasteiger partial charge < -0.3 is 14.8 Å². The molecule has 3 nitrogen and oxygen atoms in total. The molecule has 0 radical (unpaired) electrons. The van der Waals surface area contributed by atoms with Gasteiger partial charge in [0.15, 0.2) is 11.5 Å². The highest BCUT2D eigenvalue weighted by molar-refractivity contribution is 5.39. The zero-order valence-electron chi connectivity index (χ0n) is 11.7. The second kappa shape index (κ2) is 8.81. The lowest BCUT2D eigenvalue weighted by atomic mass is 10.1. The Morgan fingerprint density at radius 3 is 2.50 bits per heavy atom. The van der Waals surface area contributed by atoms with Gasteiger partial charge in [-0.05, 0) is 38.4 Å². The Labute approximate surface area is 110 Å². The lowest BCUT2D eigenvalue weighted by Crippen LogP contribution is -2.25. The first-order valence-electron chi connectivity index (χ1n) is 6.74. The summed E-state index contributed by atoms with van der Waals surface area (Å²) in [5.74, 6) is 1.63. The fraction of sp³-hybridized carbons (Fsp3) is 0.600. The maximum absolute atomic E-state index is 5.75. The molecule has 1 aromatic rings. The molecule has 3 heteroatoms. The number of rotatable bonds is 9. The molecule has 102 valence electrons. The van der Waals surface area contributed by atoms with Crippen molar-refractivity contribution in [2.45, 2.75) is 38.6 Å². The minimum Gasteiger partial charge on any atom is -0.493 e. The highest BCUT2D eigenvalue weighted by atomic mass is 16.5. The number of hydrogen-bond donors (Lipinski definition) is 1. The van der Waals surface area contributed by atoms with E-state index >= 15 is 0 Å². The van der Waals surface area contributed by atoms with Crippen molar-refractivity contribution >= 4 is 0 Å². The maximum atomic E-state index is 5.75. The normalized spacial score (nSPS) is 12.2. The van der Waals surface area contributed by atoms with Gasteiger partial charge in [-0.1, -0.05) is 25.5 Å². The van der Waals surface area contributed by atoms with Crippen LogP contribution in [0.5, 0.6) is 11.5 Å². The van der Waals surface area contributed by atoms with Gasteiger partial charge >= 0.3 is 0 Å². The average molecular weight is 251 g/mol. The van der Waals surface area contributed by atoms with Crippen LogP contribution in [-0.4, -0.2) is 26.8 Å². The Balaban J connectivity index is 2.28. The van der Waals surface area contributed by atoms with Crippen LogP contribution in [-0.2, 0) is 0 Å². The summed E-state index contributed by atoms with van der Waals surface area (Å²) >= 11 is 0. The summed E-state index contributed by atoms with van der Waals surface area (Å²) in [4.78, 5) is 0. The summed E-state index contributed by atoms with van der Waals surface area (Å²) in [5.41, 5.74) is 0. The Kier molecular flexibility index (Phi) is 7.26. The third-order valence-corrected chi connectivity index (χ3v) is 3.07. The van der Waals surface area contributed by atoms with E-state index in [2.05, 4.69) is 12.2 Å². The first kappa shape index (κ1) is 14.8. The van der Waals surface area contributed by atoms with Crippen LogP contribution in [0.3, 0.4) is 0 Å². The van der Waals surface area contributed by atoms with E-state index in [9.17, 15) is 0 Å². The van der Waals surface area contributed by atoms with Crippen LogP contribution in [0, 0.1) is 0 Å². The van der Waals surface area contributed by atoms with Gasteiger partial charge in [-0.3, -0.25) is 0 Å². The zero-order chi connectivity index (χ0) is 13.2. The van der Waals surface area contributed by atoms with Crippen LogP contribution in [0.15, 0.2) is 24.3 Å². The largest absolute Gasteiger partial charge is 0.493 e. The quantitative estimate of drug-likeness (QED) is 0.683. The van der Waals surface area contributed by atoms with Crippen molar-refractivity contribution in [1.82, 2.24) is 5.32 Å². The Morgan fingerprint density at radius 2 is 1.89 bits per heavy atom. The minimum absolute atomic E-state index is 0.608. The van der Waals surface area contributed by atoms with E-state index in [1.165, 1.54) is 12.8 Å². The van der Waals surface area contributed by atoms with Gasteiger partial charge in [0.05, 0.1) is 13.7 Å². The maximum Gasteiger partial charge on any atom is 0.161 e. The van der Waals surface area contributed by atoms with Crippen LogP contribution < -0.4 is 14.8 Å². The third kappa shape index (κ3) is 4.96. The number of para-hydroxylation sites is 2. The molecule has 0 saturated heterocycles. The first-order chi connectivity index (χ1) is 8.81. The average Bonchev–Trinajstić information content (AvgIpc) is 2.42. The molecule has 0 bridgehead atoms. The topological polar surface area (TPSA) is 30.5 Å². The molecule has 0 saturated carbocycles. The van der Waals surface area contributed by atoms with Crippen LogP contribution in [0.4, 0.5) is 0 Å². The summed E-state index contributed by atoms with van der Waals surface area (Å²) in [6, 6.07) is 8.38. The number of benzene rings is 1. The van der Waals surface area contributed by atoms with Crippen molar-refractivity contribution in [1.29, 1.82) is 0 Å². The summed E-state index contributed by atoms with van der Waals surface area (Å²) in [5, 5.41) is 3.34. The van der Waals surface area contributed by atoms with Gasteiger partial charge in [0.1, 0.15) is 0 Å². The van der Waals surface area contributed by atoms with Gasteiger partial charge in [-0.2, -0.15) is 0 Å². The molecule has 0 aliphatic carbocycles. The predicted molar refractivity (Wildman–Crippen MR) is 75.5 cm³/mol. The van der Waals surface area contributed by atoms with E-state index in [1.807, 2.05) is 31.3 Å². The van der Waals surface area contributed by atoms with Crippen molar-refractivity contribution in [3.63, 3.8) is 0 Å². The molecule has 18 heavy (non-hydrogen) atoms. The third-order valence-electron chi connectivity index (χ3n) is 3.07. The highest BCUT2D eigenvalue weighted by Gasteiger charge is 2.05. The first-order valence-corrected chi connectivity index (χ1v) is 6.74. The monoisotopic (exact) mass is 251 g/mol. The summed E-state index contributed by atoms with van der Waals surface area (Å²) < 4.78 is 11.0. The van der Waals surface area contributed by atoms with E-state index in [0.717, 1.165) is 30.9 Å². The van der Waals surface area contributed by atoms with Crippen molar-refractivity contribution in [3.8, 4) is 11.5 Å². The molecule has 0 aromatic heterocycles. The Morgan fingerprint density at radius 1 is 1.17 bits per heavy atom. The van der Waals surface area contributed by atoms with Gasteiger partial charge in [0, 0.05) is 6.04 Å². The molecule has 1 N–H and O–H groups in total. The molecular weight excluding hydrogens is 226 g/mol. The van der Waals surface area contributed by atoms with E-state index in [1.54, 1.807) is 7.11 Å². The van der Waals surface area contributed by atoms with Gasteiger partial charge in [-0.15, -0.1) is 0 Å². The molecule has 0 heterocycles. The second-order valence-corrected chi connectivity index (χ2v) is 4.42. The van der Waals surface area contributed by atoms with Gasteiger partial charge in [-0.25, -0.2) is 0 Å². The Hall–Kier alpha value is -1.22. The molecule has 1 rings (SSSR count). The molecule has 1 atom stereocenters. The van der Waals surface area contributed by atoms with Crippen molar-refractivity contribution < 1.29 is 9.47 Å². The molecule has 0 spiro atoms. The minimum atomic E-state index is 0.608. The summed E-state index contributed by atoms with van der Waals surface area (Å²) in [6.07, 6.45) is 4.66. The smallest absolute Gasteiger partial charge is 0.161 e. The van der Waals surface area contributed by atoms with Gasteiger partial charge in [0.25, 0.3) is 0 Å². The lowest BCUT2D eigenvalue weighted by Gasteiger charge is -2.15. The SMILES string of the molecule is CCCC(CCCOc1ccccc1OC)NC. The van der Waals surface area contributed by atoms with Crippen molar-refractivity contribution in [2.75, 3.05) is 20.8 Å². The fourth-order valence-corrected chi connectivity index (χ4v) is 2.03. The Bertz CT molecular complexity index is 328. The molecule has 0 fully saturated rings. The highest BCUT2D eigenvalue weighted by Crippen LogP contribution is 2.25. The molecule has 0 aliphatic heterocycles. The molecule has 0 amide bonds. The predicted octanol–water partition coefficient (Wildman–Crippen LogP) is 3.24. The number of ether oxygens (including phenoxy) is 2. The van der Waals surface area contributed by atoms with Crippen LogP contribution in [0.25, 0.3) is 0 Å². The van der Waals surface area contributed by atoms with Crippen LogP contribution in [0.2, 0.25) is 0 Å². The van der Waals surface area contributed by atoms with E-state index in [-0.39, 0.29) is 0 Å². The summed E-state index contributed by atoms with van der Waals surface area (Å²) in [6.45, 7) is 2.96. The number of nitrogens with one attached hydrogen (secondary N) is 1. The second-order valence-electron chi connectivity index (χ2n) is 4.42. The molecular formula is C15H25NO2. The number of hydrogen-bond acceptors (Lipinski definition) is 3. The van der Waals surface area contributed by atoms with E-state index in [0.29, 0.717) is 6.04 Å². The lowest BCUT2D eigenvalue weighted by molar-refractivity contribution is 0.278. The summed E-state index contributed by atoms with van der Waals surface area (Å²) in [7, 11) is 3.70. The van der Waals surface area contributed by atoms with Crippen molar-refractivity contribution in [3.05, 3.63) is 24.3 Å². The van der Waals surface area contributed by atoms with Crippen LogP contribution >= 0.6 is 0 Å². The fourth-order valence-electron chi connectivity index (χ4n) is 2.03. The molecule has 0 aliphatic rings. The van der Waals surface area contributed by atoms with E-state index < -0.39 is 0 Å². The van der Waals surface area contributed by atoms with Crippen LogP contribution in [0.1, 0.15) is 32.6 Å². The molecule has 1 aromatic carbocycles.